The van der Waals surface area contributed by atoms with E-state index in [1.54, 1.807) is 7.05 Å². The van der Waals surface area contributed by atoms with Crippen LogP contribution in [0.4, 0.5) is 4.79 Å². The fourth-order valence-electron chi connectivity index (χ4n) is 3.58. The number of ether oxygens (including phenoxy) is 2. The number of nitrogens with one attached hydrogen (secondary N) is 1. The molecule has 0 fully saturated rings. The van der Waals surface area contributed by atoms with Crippen LogP contribution in [0.25, 0.3) is 0 Å². The van der Waals surface area contributed by atoms with Crippen molar-refractivity contribution in [3.8, 4) is 0 Å². The van der Waals surface area contributed by atoms with Crippen LogP contribution in [0.5, 0.6) is 0 Å². The summed E-state index contributed by atoms with van der Waals surface area (Å²) in [6, 6.07) is 0. The first-order chi connectivity index (χ1) is 14.7. The molecule has 1 amide bonds. The van der Waals surface area contributed by atoms with Crippen LogP contribution in [0.2, 0.25) is 0 Å². The van der Waals surface area contributed by atoms with Crippen molar-refractivity contribution < 1.29 is 14.3 Å². The van der Waals surface area contributed by atoms with Crippen molar-refractivity contribution in [3.05, 3.63) is 6.42 Å². The van der Waals surface area contributed by atoms with E-state index in [1.165, 1.54) is 96.3 Å². The summed E-state index contributed by atoms with van der Waals surface area (Å²) in [6.45, 7) is 3.50. The second kappa shape index (κ2) is 25.0. The predicted octanol–water partition coefficient (Wildman–Crippen LogP) is 7.98. The van der Waals surface area contributed by atoms with E-state index in [-0.39, 0.29) is 6.10 Å². The van der Waals surface area contributed by atoms with Crippen LogP contribution in [0, 0.1) is 6.42 Å². The number of alkyl halides is 1. The van der Waals surface area contributed by atoms with E-state index in [1.807, 2.05) is 6.42 Å². The summed E-state index contributed by atoms with van der Waals surface area (Å²) in [7, 11) is 1.57. The minimum Gasteiger partial charge on any atom is -0.444 e. The van der Waals surface area contributed by atoms with Gasteiger partial charge in [-0.3, -0.25) is 0 Å². The van der Waals surface area contributed by atoms with Gasteiger partial charge in [0, 0.05) is 19.0 Å². The Labute approximate surface area is 195 Å². The lowest BCUT2D eigenvalue weighted by atomic mass is 10.0. The van der Waals surface area contributed by atoms with E-state index in [0.29, 0.717) is 13.0 Å². The van der Waals surface area contributed by atoms with Gasteiger partial charge in [0.05, 0.1) is 6.61 Å². The molecule has 0 rings (SSSR count). The number of halogens is 1. The van der Waals surface area contributed by atoms with Crippen LogP contribution in [-0.2, 0) is 9.47 Å². The molecule has 1 atom stereocenters. The average molecular weight is 492 g/mol. The zero-order valence-corrected chi connectivity index (χ0v) is 21.5. The Kier molecular flexibility index (Phi) is 24.7. The quantitative estimate of drug-likeness (QED) is 0.116. The molecule has 1 radical (unpaired) electrons. The standard InChI is InChI=1S/C25H49BrNO3/c1-3-4-5-6-7-8-9-10-11-12-13-14-15-16-17-18-22-29-23-24(20-19-21-26)30-25(28)27-2/h19,24H,3-18,20-23H2,1-2H3,(H,27,28). The second-order valence-electron chi connectivity index (χ2n) is 8.33. The number of carbonyl (C=O) groups excluding carboxylic acids is 1. The van der Waals surface area contributed by atoms with Crippen molar-refractivity contribution in [1.82, 2.24) is 5.32 Å². The summed E-state index contributed by atoms with van der Waals surface area (Å²) in [6.07, 6.45) is 24.1. The first-order valence-electron chi connectivity index (χ1n) is 12.6. The van der Waals surface area contributed by atoms with Crippen molar-refractivity contribution in [2.75, 3.05) is 25.6 Å². The van der Waals surface area contributed by atoms with E-state index in [9.17, 15) is 4.79 Å². The molecule has 0 aromatic heterocycles. The zero-order chi connectivity index (χ0) is 22.1. The van der Waals surface area contributed by atoms with Crippen LogP contribution in [0.3, 0.4) is 0 Å². The van der Waals surface area contributed by atoms with Crippen LogP contribution in [0.1, 0.15) is 116 Å². The van der Waals surface area contributed by atoms with Gasteiger partial charge in [-0.05, 0) is 19.3 Å². The smallest absolute Gasteiger partial charge is 0.407 e. The highest BCUT2D eigenvalue weighted by Gasteiger charge is 2.13. The maximum atomic E-state index is 11.4. The van der Waals surface area contributed by atoms with Gasteiger partial charge in [0.25, 0.3) is 0 Å². The molecule has 1 N–H and O–H groups in total. The third-order valence-electron chi connectivity index (χ3n) is 5.46. The Bertz CT molecular complexity index is 355. The van der Waals surface area contributed by atoms with Gasteiger partial charge in [-0.1, -0.05) is 119 Å². The Hall–Kier alpha value is -0.290. The minimum atomic E-state index is -0.394. The van der Waals surface area contributed by atoms with Crippen molar-refractivity contribution in [1.29, 1.82) is 0 Å². The lowest BCUT2D eigenvalue weighted by molar-refractivity contribution is 0.0193. The largest absolute Gasteiger partial charge is 0.444 e. The Morgan fingerprint density at radius 2 is 1.30 bits per heavy atom. The highest BCUT2D eigenvalue weighted by Crippen LogP contribution is 2.14. The molecule has 5 heteroatoms. The number of hydrogen-bond donors (Lipinski definition) is 1. The fourth-order valence-corrected chi connectivity index (χ4v) is 3.84. The summed E-state index contributed by atoms with van der Waals surface area (Å²) in [5, 5.41) is 3.28. The molecule has 0 aromatic rings. The Balaban J connectivity index is 3.32. The van der Waals surface area contributed by atoms with Gasteiger partial charge in [-0.15, -0.1) is 0 Å². The van der Waals surface area contributed by atoms with Gasteiger partial charge in [-0.2, -0.15) is 0 Å². The van der Waals surface area contributed by atoms with Gasteiger partial charge >= 0.3 is 6.09 Å². The second-order valence-corrected chi connectivity index (χ2v) is 8.98. The maximum Gasteiger partial charge on any atom is 0.407 e. The Morgan fingerprint density at radius 3 is 1.73 bits per heavy atom. The average Bonchev–Trinajstić information content (AvgIpc) is 2.76. The SMILES string of the molecule is CCCCCCCCCCCCCCCCCCOCC(C[CH]CBr)OC(=O)NC. The van der Waals surface area contributed by atoms with Crippen molar-refractivity contribution in [2.45, 2.75) is 122 Å². The molecule has 0 aliphatic carbocycles. The van der Waals surface area contributed by atoms with E-state index >= 15 is 0 Å². The molecule has 179 valence electrons. The molecule has 0 saturated heterocycles. The molecule has 0 spiro atoms. The van der Waals surface area contributed by atoms with Crippen LogP contribution in [0.15, 0.2) is 0 Å². The highest BCUT2D eigenvalue weighted by atomic mass is 79.9. The summed E-state index contributed by atoms with van der Waals surface area (Å²) >= 11 is 3.36. The first kappa shape index (κ1) is 29.7. The minimum absolute atomic E-state index is 0.205. The zero-order valence-electron chi connectivity index (χ0n) is 19.9. The van der Waals surface area contributed by atoms with Crippen LogP contribution < -0.4 is 5.32 Å². The molecular weight excluding hydrogens is 442 g/mol. The summed E-state index contributed by atoms with van der Waals surface area (Å²) in [5.74, 6) is 0. The summed E-state index contributed by atoms with van der Waals surface area (Å²) in [4.78, 5) is 11.4. The molecule has 0 heterocycles. The lowest BCUT2D eigenvalue weighted by Gasteiger charge is -2.17. The van der Waals surface area contributed by atoms with Crippen molar-refractivity contribution in [3.63, 3.8) is 0 Å². The number of unbranched alkanes of at least 4 members (excludes halogenated alkanes) is 15. The summed E-state index contributed by atoms with van der Waals surface area (Å²) in [5.41, 5.74) is 0. The lowest BCUT2D eigenvalue weighted by Crippen LogP contribution is -2.29. The van der Waals surface area contributed by atoms with Crippen molar-refractivity contribution in [2.24, 2.45) is 0 Å². The number of alkyl carbamates (subject to hydrolysis) is 1. The maximum absolute atomic E-state index is 11.4. The third-order valence-corrected chi connectivity index (χ3v) is 5.92. The van der Waals surface area contributed by atoms with E-state index < -0.39 is 6.09 Å². The van der Waals surface area contributed by atoms with Gasteiger partial charge < -0.3 is 14.8 Å². The molecule has 0 saturated carbocycles. The summed E-state index contributed by atoms with van der Waals surface area (Å²) < 4.78 is 11.0. The topological polar surface area (TPSA) is 47.6 Å². The van der Waals surface area contributed by atoms with Crippen LogP contribution >= 0.6 is 15.9 Å². The monoisotopic (exact) mass is 490 g/mol. The Morgan fingerprint density at radius 1 is 0.833 bits per heavy atom. The van der Waals surface area contributed by atoms with Crippen molar-refractivity contribution >= 4 is 22.0 Å². The van der Waals surface area contributed by atoms with Gasteiger partial charge in [-0.25, -0.2) is 4.79 Å². The van der Waals surface area contributed by atoms with E-state index in [2.05, 4.69) is 28.2 Å². The highest BCUT2D eigenvalue weighted by molar-refractivity contribution is 9.09. The molecule has 0 aliphatic rings. The van der Waals surface area contributed by atoms with Crippen LogP contribution in [-0.4, -0.2) is 37.8 Å². The number of rotatable bonds is 23. The molecule has 4 nitrogen and oxygen atoms in total. The van der Waals surface area contributed by atoms with Gasteiger partial charge in [0.15, 0.2) is 0 Å². The normalized spacial score (nSPS) is 12.1. The molecule has 0 bridgehead atoms. The predicted molar refractivity (Wildman–Crippen MR) is 132 cm³/mol. The molecule has 0 aromatic carbocycles. The molecule has 0 aliphatic heterocycles. The molecule has 30 heavy (non-hydrogen) atoms. The first-order valence-corrected chi connectivity index (χ1v) is 13.7. The number of hydrogen-bond acceptors (Lipinski definition) is 3. The number of carbonyl (C=O) groups is 1. The van der Waals surface area contributed by atoms with Gasteiger partial charge in [0.2, 0.25) is 0 Å². The molecule has 1 unspecified atom stereocenters. The fraction of sp³-hybridized carbons (Fsp3) is 0.920. The number of amides is 1. The molecular formula is C25H49BrNO3. The third kappa shape index (κ3) is 22.4. The van der Waals surface area contributed by atoms with Gasteiger partial charge in [0.1, 0.15) is 6.10 Å². The van der Waals surface area contributed by atoms with E-state index in [4.69, 9.17) is 9.47 Å². The van der Waals surface area contributed by atoms with E-state index in [0.717, 1.165) is 18.4 Å².